The van der Waals surface area contributed by atoms with E-state index in [4.69, 9.17) is 23.2 Å². The number of hydrogen-bond acceptors (Lipinski definition) is 3. The molecule has 0 bridgehead atoms. The second-order valence-electron chi connectivity index (χ2n) is 5.23. The summed E-state index contributed by atoms with van der Waals surface area (Å²) in [5.74, 6) is 0.333. The molecule has 1 aromatic carbocycles. The summed E-state index contributed by atoms with van der Waals surface area (Å²) in [5.41, 5.74) is 1.31. The van der Waals surface area contributed by atoms with Gasteiger partial charge in [-0.05, 0) is 23.6 Å². The fourth-order valence-corrected chi connectivity index (χ4v) is 2.20. The number of nitrogens with zero attached hydrogens (tertiary/aromatic N) is 2. The van der Waals surface area contributed by atoms with E-state index >= 15 is 0 Å². The highest BCUT2D eigenvalue weighted by atomic mass is 35.5. The molecule has 0 fully saturated rings. The zero-order valence-electron chi connectivity index (χ0n) is 11.9. The second-order valence-corrected chi connectivity index (χ2v) is 6.05. The predicted octanol–water partition coefficient (Wildman–Crippen LogP) is 3.82. The van der Waals surface area contributed by atoms with Gasteiger partial charge in [-0.1, -0.05) is 49.2 Å². The number of nitrogens with one attached hydrogen (secondary N) is 1. The average Bonchev–Trinajstić information content (AvgIpc) is 2.44. The Morgan fingerprint density at radius 1 is 1.24 bits per heavy atom. The lowest BCUT2D eigenvalue weighted by Crippen LogP contribution is -2.26. The summed E-state index contributed by atoms with van der Waals surface area (Å²) in [6.45, 7) is 5.14. The Morgan fingerprint density at radius 3 is 2.52 bits per heavy atom. The van der Waals surface area contributed by atoms with E-state index in [9.17, 15) is 4.79 Å². The van der Waals surface area contributed by atoms with E-state index in [0.29, 0.717) is 29.7 Å². The molecule has 6 heteroatoms. The number of hydrogen-bond donors (Lipinski definition) is 1. The van der Waals surface area contributed by atoms with Gasteiger partial charge in [-0.15, -0.1) is 0 Å². The molecule has 112 valence electrons. The lowest BCUT2D eigenvalue weighted by atomic mass is 10.2. The van der Waals surface area contributed by atoms with E-state index in [-0.39, 0.29) is 10.6 Å². The zero-order valence-corrected chi connectivity index (χ0v) is 13.4. The maximum Gasteiger partial charge on any atom is 0.287 e. The first-order chi connectivity index (χ1) is 9.97. The maximum atomic E-state index is 12.1. The van der Waals surface area contributed by atoms with E-state index in [1.165, 1.54) is 4.68 Å². The Morgan fingerprint density at radius 2 is 1.90 bits per heavy atom. The van der Waals surface area contributed by atoms with Crippen molar-refractivity contribution < 1.29 is 0 Å². The van der Waals surface area contributed by atoms with Crippen LogP contribution in [-0.4, -0.2) is 9.78 Å². The molecule has 0 unspecified atom stereocenters. The van der Waals surface area contributed by atoms with Crippen LogP contribution in [0.2, 0.25) is 10.0 Å². The molecule has 2 rings (SSSR count). The van der Waals surface area contributed by atoms with E-state index in [1.807, 2.05) is 38.1 Å². The Bertz CT molecular complexity index is 666. The molecule has 0 aliphatic carbocycles. The number of benzene rings is 1. The highest BCUT2D eigenvalue weighted by molar-refractivity contribution is 6.32. The first-order valence-corrected chi connectivity index (χ1v) is 7.47. The molecule has 1 heterocycles. The SMILES string of the molecule is CC(C)Cn1ncc(NCc2ccc(Cl)cc2)c(Cl)c1=O. The van der Waals surface area contributed by atoms with Gasteiger partial charge in [0, 0.05) is 18.1 Å². The van der Waals surface area contributed by atoms with E-state index in [2.05, 4.69) is 10.4 Å². The molecular weight excluding hydrogens is 309 g/mol. The molecule has 0 atom stereocenters. The van der Waals surface area contributed by atoms with Gasteiger partial charge in [0.05, 0.1) is 11.9 Å². The Balaban J connectivity index is 2.12. The van der Waals surface area contributed by atoms with Crippen LogP contribution < -0.4 is 10.9 Å². The summed E-state index contributed by atoms with van der Waals surface area (Å²) in [4.78, 5) is 12.1. The van der Waals surface area contributed by atoms with Gasteiger partial charge in [0.1, 0.15) is 5.02 Å². The minimum atomic E-state index is -0.272. The zero-order chi connectivity index (χ0) is 15.4. The lowest BCUT2D eigenvalue weighted by molar-refractivity contribution is 0.464. The third-order valence-corrected chi connectivity index (χ3v) is 3.54. The van der Waals surface area contributed by atoms with Gasteiger partial charge in [0.15, 0.2) is 0 Å². The molecule has 1 aromatic heterocycles. The predicted molar refractivity (Wildman–Crippen MR) is 87.1 cm³/mol. The van der Waals surface area contributed by atoms with E-state index in [1.54, 1.807) is 6.20 Å². The third-order valence-electron chi connectivity index (χ3n) is 2.92. The van der Waals surface area contributed by atoms with Crippen molar-refractivity contribution in [3.8, 4) is 0 Å². The van der Waals surface area contributed by atoms with Crippen LogP contribution in [0.15, 0.2) is 35.3 Å². The standard InChI is InChI=1S/C15H17Cl2N3O/c1-10(2)9-20-15(21)14(17)13(8-19-20)18-7-11-3-5-12(16)6-4-11/h3-6,8,10,18H,7,9H2,1-2H3. The lowest BCUT2D eigenvalue weighted by Gasteiger charge is -2.11. The van der Waals surface area contributed by atoms with Crippen molar-refractivity contribution in [1.29, 1.82) is 0 Å². The highest BCUT2D eigenvalue weighted by Crippen LogP contribution is 2.17. The fourth-order valence-electron chi connectivity index (χ4n) is 1.86. The van der Waals surface area contributed by atoms with Gasteiger partial charge >= 0.3 is 0 Å². The van der Waals surface area contributed by atoms with Crippen LogP contribution >= 0.6 is 23.2 Å². The van der Waals surface area contributed by atoms with Crippen LogP contribution in [0.5, 0.6) is 0 Å². The molecule has 0 saturated heterocycles. The van der Waals surface area contributed by atoms with Crippen molar-refractivity contribution in [1.82, 2.24) is 9.78 Å². The topological polar surface area (TPSA) is 46.9 Å². The Hall–Kier alpha value is -1.52. The van der Waals surface area contributed by atoms with Gasteiger partial charge < -0.3 is 5.32 Å². The minimum Gasteiger partial charge on any atom is -0.378 e. The van der Waals surface area contributed by atoms with Crippen LogP contribution in [0.25, 0.3) is 0 Å². The summed E-state index contributed by atoms with van der Waals surface area (Å²) in [7, 11) is 0. The van der Waals surface area contributed by atoms with Crippen LogP contribution in [0.4, 0.5) is 5.69 Å². The van der Waals surface area contributed by atoms with Crippen LogP contribution in [-0.2, 0) is 13.1 Å². The van der Waals surface area contributed by atoms with E-state index in [0.717, 1.165) is 5.56 Å². The van der Waals surface area contributed by atoms with Gasteiger partial charge in [-0.2, -0.15) is 5.10 Å². The summed E-state index contributed by atoms with van der Waals surface area (Å²) < 4.78 is 1.39. The van der Waals surface area contributed by atoms with E-state index < -0.39 is 0 Å². The first kappa shape index (κ1) is 15.9. The molecule has 0 spiro atoms. The molecule has 4 nitrogen and oxygen atoms in total. The molecule has 1 N–H and O–H groups in total. The molecule has 2 aromatic rings. The summed E-state index contributed by atoms with van der Waals surface area (Å²) >= 11 is 12.0. The first-order valence-electron chi connectivity index (χ1n) is 6.71. The molecule has 0 aliphatic rings. The van der Waals surface area contributed by atoms with Crippen LogP contribution in [0.1, 0.15) is 19.4 Å². The minimum absolute atomic E-state index is 0.166. The summed E-state index contributed by atoms with van der Waals surface area (Å²) in [6.07, 6.45) is 1.59. The van der Waals surface area contributed by atoms with Gasteiger partial charge in [-0.3, -0.25) is 4.79 Å². The van der Waals surface area contributed by atoms with Gasteiger partial charge in [0.25, 0.3) is 5.56 Å². The van der Waals surface area contributed by atoms with Crippen molar-refractivity contribution in [2.75, 3.05) is 5.32 Å². The van der Waals surface area contributed by atoms with Crippen molar-refractivity contribution in [3.63, 3.8) is 0 Å². The Kier molecular flexibility index (Phi) is 5.26. The average molecular weight is 326 g/mol. The monoisotopic (exact) mass is 325 g/mol. The molecule has 0 radical (unpaired) electrons. The van der Waals surface area contributed by atoms with Gasteiger partial charge in [-0.25, -0.2) is 4.68 Å². The summed E-state index contributed by atoms with van der Waals surface area (Å²) in [5, 5.41) is 8.12. The molecule has 0 aliphatic heterocycles. The quantitative estimate of drug-likeness (QED) is 0.909. The van der Waals surface area contributed by atoms with Crippen LogP contribution in [0, 0.1) is 5.92 Å². The number of anilines is 1. The van der Waals surface area contributed by atoms with Gasteiger partial charge in [0.2, 0.25) is 0 Å². The van der Waals surface area contributed by atoms with Crippen molar-refractivity contribution in [3.05, 3.63) is 56.4 Å². The van der Waals surface area contributed by atoms with Crippen molar-refractivity contribution in [2.24, 2.45) is 5.92 Å². The fraction of sp³-hybridized carbons (Fsp3) is 0.333. The number of rotatable bonds is 5. The Labute approximate surface area is 133 Å². The molecule has 0 amide bonds. The maximum absolute atomic E-state index is 12.1. The van der Waals surface area contributed by atoms with Crippen molar-refractivity contribution in [2.45, 2.75) is 26.9 Å². The molecule has 21 heavy (non-hydrogen) atoms. The van der Waals surface area contributed by atoms with Crippen molar-refractivity contribution >= 4 is 28.9 Å². The number of halogens is 2. The van der Waals surface area contributed by atoms with Crippen LogP contribution in [0.3, 0.4) is 0 Å². The summed E-state index contributed by atoms with van der Waals surface area (Å²) in [6, 6.07) is 7.46. The second kappa shape index (κ2) is 6.96. The normalized spacial score (nSPS) is 10.9. The largest absolute Gasteiger partial charge is 0.378 e. The smallest absolute Gasteiger partial charge is 0.287 e. The molecular formula is C15H17Cl2N3O. The number of aromatic nitrogens is 2. The molecule has 0 saturated carbocycles. The third kappa shape index (κ3) is 4.22. The highest BCUT2D eigenvalue weighted by Gasteiger charge is 2.10.